The van der Waals surface area contributed by atoms with Gasteiger partial charge in [0.25, 0.3) is 5.56 Å². The average molecular weight is 205 g/mol. The number of hydrogen-bond acceptors (Lipinski definition) is 2. The molecule has 0 amide bonds. The second-order valence-electron chi connectivity index (χ2n) is 3.02. The third-order valence-corrected chi connectivity index (χ3v) is 3.15. The van der Waals surface area contributed by atoms with Crippen LogP contribution >= 0.6 is 11.5 Å². The molecule has 0 atom stereocenters. The summed E-state index contributed by atoms with van der Waals surface area (Å²) in [6.07, 6.45) is 3.94. The molecule has 0 spiro atoms. The average Bonchev–Trinajstić information content (AvgIpc) is 2.54. The third kappa shape index (κ3) is 1.51. The summed E-state index contributed by atoms with van der Waals surface area (Å²) in [6, 6.07) is 7.71. The van der Waals surface area contributed by atoms with Crippen molar-refractivity contribution in [3.05, 3.63) is 46.8 Å². The van der Waals surface area contributed by atoms with Gasteiger partial charge in [0.1, 0.15) is 0 Å². The Hall–Kier alpha value is -1.35. The lowest BCUT2D eigenvalue weighted by molar-refractivity contribution is 0.881. The summed E-state index contributed by atoms with van der Waals surface area (Å²) in [6.45, 7) is 2.63. The van der Waals surface area contributed by atoms with Gasteiger partial charge in [-0.25, -0.2) is 0 Å². The lowest BCUT2D eigenvalue weighted by Crippen LogP contribution is -2.11. The van der Waals surface area contributed by atoms with Crippen LogP contribution in [0.3, 0.4) is 0 Å². The first kappa shape index (κ1) is 9.21. The second kappa shape index (κ2) is 3.80. The van der Waals surface area contributed by atoms with Gasteiger partial charge in [0.15, 0.2) is 0 Å². The predicted molar refractivity (Wildman–Crippen MR) is 60.9 cm³/mol. The fourth-order valence-electron chi connectivity index (χ4n) is 1.34. The minimum Gasteiger partial charge on any atom is -0.268 e. The Morgan fingerprint density at radius 3 is 2.93 bits per heavy atom. The number of aromatic nitrogens is 1. The first-order valence-electron chi connectivity index (χ1n) is 4.53. The van der Waals surface area contributed by atoms with Crippen molar-refractivity contribution in [1.82, 2.24) is 3.96 Å². The second-order valence-corrected chi connectivity index (χ2v) is 4.09. The molecule has 0 saturated heterocycles. The van der Waals surface area contributed by atoms with Crippen molar-refractivity contribution in [3.8, 4) is 0 Å². The Morgan fingerprint density at radius 2 is 2.21 bits per heavy atom. The molecule has 0 unspecified atom stereocenters. The molecule has 0 aliphatic heterocycles. The highest BCUT2D eigenvalue weighted by molar-refractivity contribution is 7.13. The SMILES string of the molecule is CC=CCn1sc2ccccc2c1=O. The van der Waals surface area contributed by atoms with Crippen LogP contribution in [0.5, 0.6) is 0 Å². The molecule has 72 valence electrons. The summed E-state index contributed by atoms with van der Waals surface area (Å²) in [7, 11) is 0. The summed E-state index contributed by atoms with van der Waals surface area (Å²) in [5.74, 6) is 0. The summed E-state index contributed by atoms with van der Waals surface area (Å²) in [4.78, 5) is 11.8. The number of allylic oxidation sites excluding steroid dienone is 2. The van der Waals surface area contributed by atoms with E-state index in [0.29, 0.717) is 6.54 Å². The van der Waals surface area contributed by atoms with E-state index >= 15 is 0 Å². The largest absolute Gasteiger partial charge is 0.268 e. The van der Waals surface area contributed by atoms with Crippen molar-refractivity contribution in [3.63, 3.8) is 0 Å². The molecule has 1 aromatic carbocycles. The van der Waals surface area contributed by atoms with Gasteiger partial charge in [-0.3, -0.25) is 8.75 Å². The summed E-state index contributed by atoms with van der Waals surface area (Å²) >= 11 is 1.52. The molecule has 0 N–H and O–H groups in total. The van der Waals surface area contributed by atoms with Gasteiger partial charge < -0.3 is 0 Å². The maximum Gasteiger partial charge on any atom is 0.268 e. The topological polar surface area (TPSA) is 22.0 Å². The zero-order valence-corrected chi connectivity index (χ0v) is 8.75. The van der Waals surface area contributed by atoms with Crippen LogP contribution in [-0.2, 0) is 6.54 Å². The van der Waals surface area contributed by atoms with E-state index in [4.69, 9.17) is 0 Å². The minimum absolute atomic E-state index is 0.115. The van der Waals surface area contributed by atoms with E-state index in [1.165, 1.54) is 11.5 Å². The number of benzene rings is 1. The molecule has 2 rings (SSSR count). The Kier molecular flexibility index (Phi) is 2.50. The highest BCUT2D eigenvalue weighted by atomic mass is 32.1. The lowest BCUT2D eigenvalue weighted by Gasteiger charge is -1.90. The molecule has 1 heterocycles. The third-order valence-electron chi connectivity index (χ3n) is 2.06. The maximum absolute atomic E-state index is 11.8. The van der Waals surface area contributed by atoms with Gasteiger partial charge in [-0.1, -0.05) is 35.8 Å². The molecular weight excluding hydrogens is 194 g/mol. The van der Waals surface area contributed by atoms with E-state index < -0.39 is 0 Å². The molecule has 0 radical (unpaired) electrons. The number of nitrogens with zero attached hydrogens (tertiary/aromatic N) is 1. The van der Waals surface area contributed by atoms with Gasteiger partial charge in [0.2, 0.25) is 0 Å². The van der Waals surface area contributed by atoms with E-state index in [9.17, 15) is 4.79 Å². The maximum atomic E-state index is 11.8. The smallest absolute Gasteiger partial charge is 0.268 e. The van der Waals surface area contributed by atoms with Gasteiger partial charge in [-0.2, -0.15) is 0 Å². The zero-order chi connectivity index (χ0) is 9.97. The van der Waals surface area contributed by atoms with Crippen LogP contribution in [0.1, 0.15) is 6.92 Å². The van der Waals surface area contributed by atoms with Crippen molar-refractivity contribution in [1.29, 1.82) is 0 Å². The highest BCUT2D eigenvalue weighted by Crippen LogP contribution is 2.15. The van der Waals surface area contributed by atoms with Gasteiger partial charge in [-0.15, -0.1) is 0 Å². The van der Waals surface area contributed by atoms with E-state index in [1.807, 2.05) is 43.3 Å². The molecular formula is C11H11NOS. The van der Waals surface area contributed by atoms with Gasteiger partial charge in [0.05, 0.1) is 16.6 Å². The Balaban J connectivity index is 2.57. The molecule has 14 heavy (non-hydrogen) atoms. The van der Waals surface area contributed by atoms with Crippen LogP contribution in [0.4, 0.5) is 0 Å². The van der Waals surface area contributed by atoms with Crippen molar-refractivity contribution >= 4 is 21.6 Å². The molecule has 0 aliphatic rings. The highest BCUT2D eigenvalue weighted by Gasteiger charge is 2.04. The van der Waals surface area contributed by atoms with E-state index in [2.05, 4.69) is 0 Å². The Bertz CT molecular complexity index is 521. The molecule has 2 nitrogen and oxygen atoms in total. The van der Waals surface area contributed by atoms with Crippen molar-refractivity contribution in [2.75, 3.05) is 0 Å². The first-order chi connectivity index (χ1) is 6.83. The number of fused-ring (bicyclic) bond motifs is 1. The van der Waals surface area contributed by atoms with Crippen molar-refractivity contribution in [2.24, 2.45) is 0 Å². The fraction of sp³-hybridized carbons (Fsp3) is 0.182. The Morgan fingerprint density at radius 1 is 1.43 bits per heavy atom. The number of rotatable bonds is 2. The normalized spacial score (nSPS) is 11.5. The summed E-state index contributed by atoms with van der Waals surface area (Å²) in [5.41, 5.74) is 0.115. The van der Waals surface area contributed by atoms with Crippen LogP contribution in [0.2, 0.25) is 0 Å². The lowest BCUT2D eigenvalue weighted by atomic mass is 10.3. The quantitative estimate of drug-likeness (QED) is 0.691. The molecule has 3 heteroatoms. The molecule has 0 saturated carbocycles. The van der Waals surface area contributed by atoms with E-state index in [-0.39, 0.29) is 5.56 Å². The predicted octanol–water partition coefficient (Wildman–Crippen LogP) is 2.64. The van der Waals surface area contributed by atoms with Crippen molar-refractivity contribution in [2.45, 2.75) is 13.5 Å². The van der Waals surface area contributed by atoms with Gasteiger partial charge in [-0.05, 0) is 19.1 Å². The molecule has 0 aliphatic carbocycles. The van der Waals surface area contributed by atoms with Crippen LogP contribution in [0.15, 0.2) is 41.2 Å². The van der Waals surface area contributed by atoms with Gasteiger partial charge in [0, 0.05) is 0 Å². The van der Waals surface area contributed by atoms with Gasteiger partial charge >= 0.3 is 0 Å². The van der Waals surface area contributed by atoms with Crippen LogP contribution in [-0.4, -0.2) is 3.96 Å². The molecule has 1 aromatic heterocycles. The standard InChI is InChI=1S/C11H11NOS/c1-2-3-8-12-11(13)9-6-4-5-7-10(9)14-12/h2-7H,8H2,1H3. The van der Waals surface area contributed by atoms with Crippen LogP contribution in [0.25, 0.3) is 10.1 Å². The Labute approximate surface area is 86.3 Å². The molecule has 0 bridgehead atoms. The zero-order valence-electron chi connectivity index (χ0n) is 7.93. The van der Waals surface area contributed by atoms with E-state index in [0.717, 1.165) is 10.1 Å². The first-order valence-corrected chi connectivity index (χ1v) is 5.30. The molecule has 2 aromatic rings. The summed E-state index contributed by atoms with van der Waals surface area (Å²) < 4.78 is 2.83. The van der Waals surface area contributed by atoms with Crippen LogP contribution in [0, 0.1) is 0 Å². The summed E-state index contributed by atoms with van der Waals surface area (Å²) in [5, 5.41) is 0.821. The van der Waals surface area contributed by atoms with Crippen molar-refractivity contribution < 1.29 is 0 Å². The number of hydrogen-bond donors (Lipinski definition) is 0. The van der Waals surface area contributed by atoms with Crippen LogP contribution < -0.4 is 5.56 Å². The molecule has 0 fully saturated rings. The fourth-order valence-corrected chi connectivity index (χ4v) is 2.31. The monoisotopic (exact) mass is 205 g/mol. The minimum atomic E-state index is 0.115. The van der Waals surface area contributed by atoms with E-state index in [1.54, 1.807) is 3.96 Å².